The molecule has 33 heavy (non-hydrogen) atoms. The number of benzene rings is 2. The molecule has 3 heterocycles. The summed E-state index contributed by atoms with van der Waals surface area (Å²) in [5, 5.41) is 8.58. The van der Waals surface area contributed by atoms with E-state index in [0.29, 0.717) is 37.0 Å². The Morgan fingerprint density at radius 3 is 2.67 bits per heavy atom. The SMILES string of the molecule is CCOc1ccc([C@H]2CC(=O)Nc3c2c(C)nn3-c2nc3ccc(C)cc3s2)cc1OCC. The fraction of sp³-hybridized carbons (Fsp3) is 0.320. The van der Waals surface area contributed by atoms with E-state index in [-0.39, 0.29) is 11.8 Å². The smallest absolute Gasteiger partial charge is 0.226 e. The van der Waals surface area contributed by atoms with Crippen molar-refractivity contribution in [2.45, 2.75) is 40.0 Å². The van der Waals surface area contributed by atoms with E-state index in [2.05, 4.69) is 24.4 Å². The van der Waals surface area contributed by atoms with Crippen LogP contribution in [0.2, 0.25) is 0 Å². The second-order valence-corrected chi connectivity index (χ2v) is 9.11. The van der Waals surface area contributed by atoms with Crippen LogP contribution in [0.25, 0.3) is 15.3 Å². The predicted octanol–water partition coefficient (Wildman–Crippen LogP) is 5.37. The first-order valence-corrected chi connectivity index (χ1v) is 12.0. The molecule has 1 amide bonds. The molecule has 0 saturated carbocycles. The molecule has 1 atom stereocenters. The van der Waals surface area contributed by atoms with E-state index in [1.165, 1.54) is 5.56 Å². The number of carbonyl (C=O) groups is 1. The Kier molecular flexibility index (Phi) is 5.54. The molecule has 0 fully saturated rings. The predicted molar refractivity (Wildman–Crippen MR) is 130 cm³/mol. The Labute approximate surface area is 196 Å². The van der Waals surface area contributed by atoms with Gasteiger partial charge in [-0.15, -0.1) is 0 Å². The molecule has 0 unspecified atom stereocenters. The summed E-state index contributed by atoms with van der Waals surface area (Å²) in [6.07, 6.45) is 0.345. The third-order valence-corrected chi connectivity index (χ3v) is 6.78. The first-order chi connectivity index (χ1) is 16.0. The summed E-state index contributed by atoms with van der Waals surface area (Å²) in [6, 6.07) is 12.1. The third-order valence-electron chi connectivity index (χ3n) is 5.79. The Morgan fingerprint density at radius 1 is 1.09 bits per heavy atom. The molecule has 0 saturated heterocycles. The van der Waals surface area contributed by atoms with Crippen molar-refractivity contribution in [3.05, 3.63) is 58.8 Å². The lowest BCUT2D eigenvalue weighted by Gasteiger charge is -2.25. The number of hydrogen-bond donors (Lipinski definition) is 1. The van der Waals surface area contributed by atoms with Gasteiger partial charge in [0.25, 0.3) is 0 Å². The van der Waals surface area contributed by atoms with E-state index in [1.807, 2.05) is 45.0 Å². The van der Waals surface area contributed by atoms with Crippen molar-refractivity contribution in [3.63, 3.8) is 0 Å². The molecular weight excluding hydrogens is 436 g/mol. The van der Waals surface area contributed by atoms with Gasteiger partial charge in [0.05, 0.1) is 29.1 Å². The van der Waals surface area contributed by atoms with Gasteiger partial charge in [-0.2, -0.15) is 9.78 Å². The normalized spacial score (nSPS) is 15.4. The van der Waals surface area contributed by atoms with Crippen molar-refractivity contribution in [1.82, 2.24) is 14.8 Å². The van der Waals surface area contributed by atoms with Gasteiger partial charge in [0.2, 0.25) is 11.0 Å². The van der Waals surface area contributed by atoms with Gasteiger partial charge >= 0.3 is 0 Å². The monoisotopic (exact) mass is 462 g/mol. The molecule has 170 valence electrons. The fourth-order valence-electron chi connectivity index (χ4n) is 4.36. The molecule has 1 N–H and O–H groups in total. The number of ether oxygens (including phenoxy) is 2. The minimum absolute atomic E-state index is 0.0440. The summed E-state index contributed by atoms with van der Waals surface area (Å²) >= 11 is 1.57. The second kappa shape index (κ2) is 8.51. The first-order valence-electron chi connectivity index (χ1n) is 11.1. The van der Waals surface area contributed by atoms with Crippen molar-refractivity contribution in [2.24, 2.45) is 0 Å². The minimum Gasteiger partial charge on any atom is -0.490 e. The average molecular weight is 463 g/mol. The van der Waals surface area contributed by atoms with E-state index in [4.69, 9.17) is 19.6 Å². The number of hydrogen-bond acceptors (Lipinski definition) is 6. The number of nitrogens with zero attached hydrogens (tertiary/aromatic N) is 3. The van der Waals surface area contributed by atoms with Crippen molar-refractivity contribution in [2.75, 3.05) is 18.5 Å². The van der Waals surface area contributed by atoms with Crippen LogP contribution in [0.1, 0.15) is 48.6 Å². The van der Waals surface area contributed by atoms with E-state index >= 15 is 0 Å². The average Bonchev–Trinajstić information content (AvgIpc) is 3.35. The maximum Gasteiger partial charge on any atom is 0.226 e. The van der Waals surface area contributed by atoms with Crippen LogP contribution in [0.3, 0.4) is 0 Å². The van der Waals surface area contributed by atoms with Gasteiger partial charge in [0.1, 0.15) is 5.82 Å². The Balaban J connectivity index is 1.61. The maximum absolute atomic E-state index is 12.8. The summed E-state index contributed by atoms with van der Waals surface area (Å²) in [7, 11) is 0. The van der Waals surface area contributed by atoms with E-state index < -0.39 is 0 Å². The molecule has 0 bridgehead atoms. The number of aryl methyl sites for hydroxylation is 2. The lowest BCUT2D eigenvalue weighted by Crippen LogP contribution is -2.25. The molecule has 2 aromatic carbocycles. The summed E-state index contributed by atoms with van der Waals surface area (Å²) in [6.45, 7) is 9.04. The zero-order valence-electron chi connectivity index (χ0n) is 19.1. The van der Waals surface area contributed by atoms with Crippen molar-refractivity contribution in [3.8, 4) is 16.6 Å². The molecule has 8 heteroatoms. The van der Waals surface area contributed by atoms with Gasteiger partial charge in [0.15, 0.2) is 11.5 Å². The Morgan fingerprint density at radius 2 is 1.88 bits per heavy atom. The molecule has 1 aliphatic rings. The number of amides is 1. The van der Waals surface area contributed by atoms with Crippen LogP contribution in [0.15, 0.2) is 36.4 Å². The molecule has 0 radical (unpaired) electrons. The molecular formula is C25H26N4O3S. The molecule has 7 nitrogen and oxygen atoms in total. The van der Waals surface area contributed by atoms with E-state index in [9.17, 15) is 4.79 Å². The lowest BCUT2D eigenvalue weighted by molar-refractivity contribution is -0.116. The van der Waals surface area contributed by atoms with Gasteiger partial charge in [-0.05, 0) is 63.1 Å². The van der Waals surface area contributed by atoms with Crippen LogP contribution >= 0.6 is 11.3 Å². The highest BCUT2D eigenvalue weighted by atomic mass is 32.1. The summed E-state index contributed by atoms with van der Waals surface area (Å²) in [5.41, 5.74) is 4.99. The highest BCUT2D eigenvalue weighted by molar-refractivity contribution is 7.20. The zero-order chi connectivity index (χ0) is 23.1. The van der Waals surface area contributed by atoms with Gasteiger partial charge in [-0.25, -0.2) is 4.98 Å². The fourth-order valence-corrected chi connectivity index (χ4v) is 5.39. The summed E-state index contributed by atoms with van der Waals surface area (Å²) in [5.74, 6) is 1.92. The van der Waals surface area contributed by atoms with Gasteiger partial charge in [-0.3, -0.25) is 4.79 Å². The number of fused-ring (bicyclic) bond motifs is 2. The highest BCUT2D eigenvalue weighted by Crippen LogP contribution is 2.43. The highest BCUT2D eigenvalue weighted by Gasteiger charge is 2.33. The zero-order valence-corrected chi connectivity index (χ0v) is 20.0. The van der Waals surface area contributed by atoms with Gasteiger partial charge in [0, 0.05) is 17.9 Å². The number of rotatable bonds is 6. The first kappa shape index (κ1) is 21.5. The van der Waals surface area contributed by atoms with Crippen molar-refractivity contribution in [1.29, 1.82) is 0 Å². The third kappa shape index (κ3) is 3.84. The number of carbonyl (C=O) groups excluding carboxylic acids is 1. The van der Waals surface area contributed by atoms with Gasteiger partial charge in [-0.1, -0.05) is 23.5 Å². The number of aromatic nitrogens is 3. The number of nitrogens with one attached hydrogen (secondary N) is 1. The van der Waals surface area contributed by atoms with Crippen molar-refractivity contribution < 1.29 is 14.3 Å². The topological polar surface area (TPSA) is 78.3 Å². The molecule has 0 spiro atoms. The largest absolute Gasteiger partial charge is 0.490 e. The van der Waals surface area contributed by atoms with E-state index in [0.717, 1.165) is 32.2 Å². The number of thiazole rings is 1. The summed E-state index contributed by atoms with van der Waals surface area (Å²) < 4.78 is 14.4. The Bertz CT molecular complexity index is 1360. The molecule has 5 rings (SSSR count). The van der Waals surface area contributed by atoms with Crippen molar-refractivity contribution >= 4 is 33.3 Å². The maximum atomic E-state index is 12.8. The molecule has 0 aliphatic carbocycles. The van der Waals surface area contributed by atoms with Crippen LogP contribution in [0, 0.1) is 13.8 Å². The quantitative estimate of drug-likeness (QED) is 0.417. The van der Waals surface area contributed by atoms with E-state index in [1.54, 1.807) is 16.0 Å². The van der Waals surface area contributed by atoms with Crippen LogP contribution in [0.5, 0.6) is 11.5 Å². The summed E-state index contributed by atoms with van der Waals surface area (Å²) in [4.78, 5) is 17.5. The minimum atomic E-state index is -0.131. The standard InChI is InChI=1S/C25H26N4O3S/c1-5-31-19-10-8-16(12-20(19)32-6-2)17-13-22(30)27-24-23(17)15(4)28-29(24)25-26-18-9-7-14(3)11-21(18)33-25/h7-12,17H,5-6,13H2,1-4H3,(H,27,30)/t17-/m1/s1. The van der Waals surface area contributed by atoms with Crippen LogP contribution in [0.4, 0.5) is 5.82 Å². The lowest BCUT2D eigenvalue weighted by atomic mass is 9.85. The Hall–Kier alpha value is -3.39. The molecule has 4 aromatic rings. The van der Waals surface area contributed by atoms with Gasteiger partial charge < -0.3 is 14.8 Å². The molecule has 1 aliphatic heterocycles. The van der Waals surface area contributed by atoms with Crippen LogP contribution in [-0.2, 0) is 4.79 Å². The second-order valence-electron chi connectivity index (χ2n) is 8.10. The molecule has 2 aromatic heterocycles. The van der Waals surface area contributed by atoms with Crippen LogP contribution < -0.4 is 14.8 Å². The van der Waals surface area contributed by atoms with Crippen LogP contribution in [-0.4, -0.2) is 33.9 Å². The number of anilines is 1.